The molecule has 1 aliphatic heterocycles. The zero-order valence-corrected chi connectivity index (χ0v) is 10.8. The molecule has 0 bridgehead atoms. The Morgan fingerprint density at radius 2 is 2.44 bits per heavy atom. The summed E-state index contributed by atoms with van der Waals surface area (Å²) in [6.45, 7) is 3.54. The van der Waals surface area contributed by atoms with Crippen LogP contribution in [0.3, 0.4) is 0 Å². The molecule has 1 saturated heterocycles. The monoisotopic (exact) mass is 236 g/mol. The van der Waals surface area contributed by atoms with Crippen LogP contribution in [-0.4, -0.2) is 31.1 Å². The second-order valence-electron chi connectivity index (χ2n) is 5.14. The average molecular weight is 236 g/mol. The van der Waals surface area contributed by atoms with Crippen LogP contribution in [0.2, 0.25) is 0 Å². The molecule has 0 aromatic carbocycles. The van der Waals surface area contributed by atoms with Crippen LogP contribution < -0.4 is 5.32 Å². The predicted octanol–water partition coefficient (Wildman–Crippen LogP) is 2.03. The molecule has 0 amide bonds. The van der Waals surface area contributed by atoms with Gasteiger partial charge in [0.15, 0.2) is 0 Å². The highest BCUT2D eigenvalue weighted by atomic mass is 32.1. The molecule has 1 aromatic heterocycles. The summed E-state index contributed by atoms with van der Waals surface area (Å²) in [5.74, 6) is 0. The van der Waals surface area contributed by atoms with Gasteiger partial charge in [-0.3, -0.25) is 0 Å². The van der Waals surface area contributed by atoms with Gasteiger partial charge in [0.25, 0.3) is 0 Å². The Labute approximate surface area is 102 Å². The first-order chi connectivity index (χ1) is 7.81. The highest BCUT2D eigenvalue weighted by Gasteiger charge is 2.19. The van der Waals surface area contributed by atoms with E-state index in [9.17, 15) is 0 Å². The summed E-state index contributed by atoms with van der Waals surface area (Å²) < 4.78 is 0. The summed E-state index contributed by atoms with van der Waals surface area (Å²) in [6, 6.07) is 3.14. The number of hydrogen-bond acceptors (Lipinski definition) is 3. The van der Waals surface area contributed by atoms with Gasteiger partial charge in [-0.25, -0.2) is 0 Å². The highest BCUT2D eigenvalue weighted by Crippen LogP contribution is 2.30. The largest absolute Gasteiger partial charge is 0.308 e. The van der Waals surface area contributed by atoms with Crippen molar-refractivity contribution in [3.8, 4) is 0 Å². The molecule has 1 aliphatic carbocycles. The lowest BCUT2D eigenvalue weighted by Gasteiger charge is -2.11. The van der Waals surface area contributed by atoms with E-state index in [1.54, 1.807) is 15.3 Å². The van der Waals surface area contributed by atoms with Gasteiger partial charge in [-0.2, -0.15) is 0 Å². The SMILES string of the molecule is CN1CCC(NCc2cc3c(s2)CCC3)C1. The van der Waals surface area contributed by atoms with Gasteiger partial charge in [0.1, 0.15) is 0 Å². The van der Waals surface area contributed by atoms with Crippen LogP contribution >= 0.6 is 11.3 Å². The molecule has 0 spiro atoms. The fourth-order valence-corrected chi connectivity index (χ4v) is 4.04. The minimum absolute atomic E-state index is 0.710. The molecule has 3 heteroatoms. The predicted molar refractivity (Wildman–Crippen MR) is 69.1 cm³/mol. The van der Waals surface area contributed by atoms with E-state index in [1.807, 2.05) is 11.3 Å². The van der Waals surface area contributed by atoms with Gasteiger partial charge in [-0.05, 0) is 50.9 Å². The van der Waals surface area contributed by atoms with Crippen molar-refractivity contribution in [2.45, 2.75) is 38.3 Å². The number of likely N-dealkylation sites (tertiary alicyclic amines) is 1. The van der Waals surface area contributed by atoms with E-state index in [0.29, 0.717) is 6.04 Å². The summed E-state index contributed by atoms with van der Waals surface area (Å²) in [7, 11) is 2.21. The Kier molecular flexibility index (Phi) is 3.01. The molecule has 1 atom stereocenters. The summed E-state index contributed by atoms with van der Waals surface area (Å²) in [5, 5.41) is 3.69. The van der Waals surface area contributed by atoms with E-state index in [4.69, 9.17) is 0 Å². The Morgan fingerprint density at radius 1 is 1.50 bits per heavy atom. The van der Waals surface area contributed by atoms with Crippen LogP contribution in [-0.2, 0) is 19.4 Å². The third-order valence-electron chi connectivity index (χ3n) is 3.75. The number of nitrogens with zero attached hydrogens (tertiary/aromatic N) is 1. The standard InChI is InChI=1S/C13H20N2S/c1-15-6-5-11(9-15)14-8-12-7-10-3-2-4-13(10)16-12/h7,11,14H,2-6,8-9H2,1H3. The van der Waals surface area contributed by atoms with E-state index in [-0.39, 0.29) is 0 Å². The number of aryl methyl sites for hydroxylation is 2. The van der Waals surface area contributed by atoms with E-state index >= 15 is 0 Å². The van der Waals surface area contributed by atoms with Crippen molar-refractivity contribution in [2.24, 2.45) is 0 Å². The Bertz CT molecular complexity index is 351. The van der Waals surface area contributed by atoms with Gasteiger partial charge in [-0.1, -0.05) is 0 Å². The second kappa shape index (κ2) is 4.47. The first kappa shape index (κ1) is 10.8. The Hall–Kier alpha value is -0.380. The molecule has 3 rings (SSSR count). The highest BCUT2D eigenvalue weighted by molar-refractivity contribution is 7.12. The molecule has 16 heavy (non-hydrogen) atoms. The van der Waals surface area contributed by atoms with Crippen LogP contribution in [0.1, 0.15) is 28.2 Å². The molecule has 2 aliphatic rings. The summed E-state index contributed by atoms with van der Waals surface area (Å²) >= 11 is 2.03. The molecule has 0 radical (unpaired) electrons. The normalized spacial score (nSPS) is 25.2. The number of thiophene rings is 1. The third kappa shape index (κ3) is 2.17. The topological polar surface area (TPSA) is 15.3 Å². The second-order valence-corrected chi connectivity index (χ2v) is 6.36. The van der Waals surface area contributed by atoms with Crippen molar-refractivity contribution in [2.75, 3.05) is 20.1 Å². The first-order valence-corrected chi connectivity index (χ1v) is 7.15. The van der Waals surface area contributed by atoms with Crippen molar-refractivity contribution >= 4 is 11.3 Å². The van der Waals surface area contributed by atoms with Gasteiger partial charge in [0, 0.05) is 28.9 Å². The van der Waals surface area contributed by atoms with Crippen LogP contribution in [0.5, 0.6) is 0 Å². The van der Waals surface area contributed by atoms with Gasteiger partial charge in [0.05, 0.1) is 0 Å². The minimum Gasteiger partial charge on any atom is -0.308 e. The molecule has 88 valence electrons. The lowest BCUT2D eigenvalue weighted by Crippen LogP contribution is -2.30. The van der Waals surface area contributed by atoms with E-state index < -0.39 is 0 Å². The molecule has 0 saturated carbocycles. The van der Waals surface area contributed by atoms with Crippen molar-refractivity contribution in [1.29, 1.82) is 0 Å². The third-order valence-corrected chi connectivity index (χ3v) is 4.99. The van der Waals surface area contributed by atoms with Crippen LogP contribution in [0.15, 0.2) is 6.07 Å². The Morgan fingerprint density at radius 3 is 3.19 bits per heavy atom. The maximum Gasteiger partial charge on any atom is 0.0303 e. The van der Waals surface area contributed by atoms with E-state index in [0.717, 1.165) is 6.54 Å². The molecule has 1 aromatic rings. The fraction of sp³-hybridized carbons (Fsp3) is 0.692. The average Bonchev–Trinajstić information content (AvgIpc) is 2.89. The maximum atomic E-state index is 3.69. The van der Waals surface area contributed by atoms with E-state index in [2.05, 4.69) is 23.3 Å². The van der Waals surface area contributed by atoms with Crippen molar-refractivity contribution in [3.63, 3.8) is 0 Å². The first-order valence-electron chi connectivity index (χ1n) is 6.33. The lowest BCUT2D eigenvalue weighted by atomic mass is 10.2. The van der Waals surface area contributed by atoms with Crippen LogP contribution in [0.25, 0.3) is 0 Å². The zero-order chi connectivity index (χ0) is 11.0. The Balaban J connectivity index is 1.54. The molecule has 1 fully saturated rings. The van der Waals surface area contributed by atoms with Crippen molar-refractivity contribution in [1.82, 2.24) is 10.2 Å². The lowest BCUT2D eigenvalue weighted by molar-refractivity contribution is 0.398. The summed E-state index contributed by atoms with van der Waals surface area (Å²) in [5.41, 5.74) is 1.63. The van der Waals surface area contributed by atoms with Crippen molar-refractivity contribution in [3.05, 3.63) is 21.4 Å². The van der Waals surface area contributed by atoms with Crippen LogP contribution in [0, 0.1) is 0 Å². The van der Waals surface area contributed by atoms with Gasteiger partial charge >= 0.3 is 0 Å². The van der Waals surface area contributed by atoms with Crippen molar-refractivity contribution < 1.29 is 0 Å². The zero-order valence-electron chi connectivity index (χ0n) is 9.96. The number of likely N-dealkylation sites (N-methyl/N-ethyl adjacent to an activating group) is 1. The fourth-order valence-electron chi connectivity index (χ4n) is 2.82. The number of hydrogen-bond donors (Lipinski definition) is 1. The maximum absolute atomic E-state index is 3.69. The quantitative estimate of drug-likeness (QED) is 0.864. The molecule has 2 nitrogen and oxygen atoms in total. The van der Waals surface area contributed by atoms with Gasteiger partial charge < -0.3 is 10.2 Å². The number of rotatable bonds is 3. The summed E-state index contributed by atoms with van der Waals surface area (Å²) in [4.78, 5) is 5.60. The smallest absolute Gasteiger partial charge is 0.0303 e. The van der Waals surface area contributed by atoms with E-state index in [1.165, 1.54) is 38.8 Å². The number of fused-ring (bicyclic) bond motifs is 1. The number of nitrogens with one attached hydrogen (secondary N) is 1. The molecule has 1 N–H and O–H groups in total. The minimum atomic E-state index is 0.710. The summed E-state index contributed by atoms with van der Waals surface area (Å²) in [6.07, 6.45) is 5.33. The van der Waals surface area contributed by atoms with Gasteiger partial charge in [-0.15, -0.1) is 11.3 Å². The van der Waals surface area contributed by atoms with Gasteiger partial charge in [0.2, 0.25) is 0 Å². The molecule has 2 heterocycles. The van der Waals surface area contributed by atoms with Crippen LogP contribution in [0.4, 0.5) is 0 Å². The molecular weight excluding hydrogens is 216 g/mol. The molecular formula is C13H20N2S. The molecule has 1 unspecified atom stereocenters.